The van der Waals surface area contributed by atoms with Gasteiger partial charge >= 0.3 is 0 Å². The first-order valence-electron chi connectivity index (χ1n) is 10.2. The standard InChI is InChI=1S/C20H33ClN4O2/c1-4-17-16(19(21)23(2)22-17)14-24-11-8-20(9-12-24)7-6-18(26)25(15-20)10-5-13-27-3/h4-15H2,1-3H3. The highest BCUT2D eigenvalue weighted by Gasteiger charge is 2.40. The third-order valence-electron chi connectivity index (χ3n) is 6.31. The molecule has 3 heterocycles. The molecule has 1 aromatic heterocycles. The van der Waals surface area contributed by atoms with E-state index in [4.69, 9.17) is 16.3 Å². The molecule has 6 nitrogen and oxygen atoms in total. The molecule has 0 radical (unpaired) electrons. The predicted molar refractivity (Wildman–Crippen MR) is 107 cm³/mol. The molecule has 7 heteroatoms. The van der Waals surface area contributed by atoms with Gasteiger partial charge in [-0.3, -0.25) is 14.4 Å². The van der Waals surface area contributed by atoms with Crippen LogP contribution in [0.25, 0.3) is 0 Å². The first kappa shape index (κ1) is 20.6. The van der Waals surface area contributed by atoms with Gasteiger partial charge in [0, 0.05) is 52.4 Å². The fraction of sp³-hybridized carbons (Fsp3) is 0.800. The molecule has 3 rings (SSSR count). The molecule has 0 unspecified atom stereocenters. The van der Waals surface area contributed by atoms with Gasteiger partial charge in [-0.15, -0.1) is 0 Å². The molecule has 0 atom stereocenters. The van der Waals surface area contributed by atoms with Crippen LogP contribution in [0.15, 0.2) is 0 Å². The summed E-state index contributed by atoms with van der Waals surface area (Å²) < 4.78 is 6.93. The Morgan fingerprint density at radius 3 is 2.67 bits per heavy atom. The van der Waals surface area contributed by atoms with Gasteiger partial charge in [0.25, 0.3) is 0 Å². The van der Waals surface area contributed by atoms with Crippen molar-refractivity contribution in [1.82, 2.24) is 19.6 Å². The Morgan fingerprint density at radius 1 is 1.26 bits per heavy atom. The number of amides is 1. The number of hydrogen-bond donors (Lipinski definition) is 0. The highest BCUT2D eigenvalue weighted by molar-refractivity contribution is 6.30. The molecule has 2 aliphatic rings. The summed E-state index contributed by atoms with van der Waals surface area (Å²) in [7, 11) is 3.63. The van der Waals surface area contributed by atoms with Gasteiger partial charge in [-0.05, 0) is 50.6 Å². The molecule has 0 N–H and O–H groups in total. The Balaban J connectivity index is 1.57. The fourth-order valence-electron chi connectivity index (χ4n) is 4.56. The second kappa shape index (κ2) is 8.93. The SMILES string of the molecule is CCc1nn(C)c(Cl)c1CN1CCC2(CCC(=O)N(CCCOC)C2)CC1. The number of nitrogens with zero attached hydrogens (tertiary/aromatic N) is 4. The highest BCUT2D eigenvalue weighted by Crippen LogP contribution is 2.40. The normalized spacial score (nSPS) is 20.6. The molecule has 2 fully saturated rings. The largest absolute Gasteiger partial charge is 0.385 e. The van der Waals surface area contributed by atoms with E-state index in [0.29, 0.717) is 17.7 Å². The van der Waals surface area contributed by atoms with Crippen LogP contribution in [0.5, 0.6) is 0 Å². The van der Waals surface area contributed by atoms with Crippen LogP contribution >= 0.6 is 11.6 Å². The molecule has 27 heavy (non-hydrogen) atoms. The summed E-state index contributed by atoms with van der Waals surface area (Å²) in [6, 6.07) is 0. The smallest absolute Gasteiger partial charge is 0.222 e. The summed E-state index contributed by atoms with van der Waals surface area (Å²) in [5, 5.41) is 5.30. The van der Waals surface area contributed by atoms with Crippen LogP contribution < -0.4 is 0 Å². The van der Waals surface area contributed by atoms with Crippen molar-refractivity contribution >= 4 is 17.5 Å². The van der Waals surface area contributed by atoms with Crippen molar-refractivity contribution in [1.29, 1.82) is 0 Å². The van der Waals surface area contributed by atoms with E-state index in [-0.39, 0.29) is 0 Å². The maximum Gasteiger partial charge on any atom is 0.222 e. The topological polar surface area (TPSA) is 50.6 Å². The van der Waals surface area contributed by atoms with Crippen LogP contribution in [-0.4, -0.2) is 65.4 Å². The number of ether oxygens (including phenoxy) is 1. The second-order valence-corrected chi connectivity index (χ2v) is 8.49. The van der Waals surface area contributed by atoms with E-state index in [1.807, 2.05) is 7.05 Å². The summed E-state index contributed by atoms with van der Waals surface area (Å²) >= 11 is 6.47. The average Bonchev–Trinajstić information content (AvgIpc) is 2.94. The van der Waals surface area contributed by atoms with Gasteiger partial charge in [-0.25, -0.2) is 0 Å². The summed E-state index contributed by atoms with van der Waals surface area (Å²) in [5.41, 5.74) is 2.58. The van der Waals surface area contributed by atoms with Gasteiger partial charge in [0.15, 0.2) is 0 Å². The van der Waals surface area contributed by atoms with Crippen molar-refractivity contribution in [3.63, 3.8) is 0 Å². The van der Waals surface area contributed by atoms with E-state index in [0.717, 1.165) is 82.3 Å². The van der Waals surface area contributed by atoms with E-state index < -0.39 is 0 Å². The summed E-state index contributed by atoms with van der Waals surface area (Å²) in [4.78, 5) is 16.9. The van der Waals surface area contributed by atoms with E-state index in [1.54, 1.807) is 11.8 Å². The number of likely N-dealkylation sites (tertiary alicyclic amines) is 2. The van der Waals surface area contributed by atoms with Gasteiger partial charge in [0.05, 0.1) is 5.69 Å². The van der Waals surface area contributed by atoms with Gasteiger partial charge < -0.3 is 9.64 Å². The number of halogens is 1. The average molecular weight is 397 g/mol. The lowest BCUT2D eigenvalue weighted by Gasteiger charge is -2.47. The molecule has 0 saturated carbocycles. The number of aromatic nitrogens is 2. The van der Waals surface area contributed by atoms with Gasteiger partial charge in [-0.2, -0.15) is 5.10 Å². The van der Waals surface area contributed by atoms with E-state index in [9.17, 15) is 4.79 Å². The summed E-state index contributed by atoms with van der Waals surface area (Å²) in [5.74, 6) is 0.314. The molecule has 2 saturated heterocycles. The Bertz CT molecular complexity index is 653. The van der Waals surface area contributed by atoms with Crippen molar-refractivity contribution in [2.24, 2.45) is 12.5 Å². The molecule has 1 aromatic rings. The number of rotatable bonds is 7. The van der Waals surface area contributed by atoms with Gasteiger partial charge in [-0.1, -0.05) is 18.5 Å². The van der Waals surface area contributed by atoms with Crippen LogP contribution in [-0.2, 0) is 29.5 Å². The van der Waals surface area contributed by atoms with Crippen LogP contribution in [0.1, 0.15) is 50.3 Å². The Labute approximate surface area is 167 Å². The van der Waals surface area contributed by atoms with E-state index >= 15 is 0 Å². The number of carbonyl (C=O) groups excluding carboxylic acids is 1. The minimum atomic E-state index is 0.295. The third-order valence-corrected chi connectivity index (χ3v) is 6.78. The molecule has 0 bridgehead atoms. The van der Waals surface area contributed by atoms with Crippen LogP contribution in [0.4, 0.5) is 0 Å². The third kappa shape index (κ3) is 4.66. The number of methoxy groups -OCH3 is 1. The molecule has 0 aliphatic carbocycles. The zero-order chi connectivity index (χ0) is 19.4. The molecule has 0 aromatic carbocycles. The van der Waals surface area contributed by atoms with Gasteiger partial charge in [0.2, 0.25) is 5.91 Å². The lowest BCUT2D eigenvalue weighted by atomic mass is 9.72. The molecule has 2 aliphatic heterocycles. The molecule has 152 valence electrons. The van der Waals surface area contributed by atoms with E-state index in [2.05, 4.69) is 21.8 Å². The van der Waals surface area contributed by atoms with Gasteiger partial charge in [0.1, 0.15) is 5.15 Å². The van der Waals surface area contributed by atoms with Crippen LogP contribution in [0.2, 0.25) is 5.15 Å². The van der Waals surface area contributed by atoms with Crippen LogP contribution in [0.3, 0.4) is 0 Å². The molecular formula is C20H33ClN4O2. The Morgan fingerprint density at radius 2 is 2.00 bits per heavy atom. The number of carbonyl (C=O) groups is 1. The second-order valence-electron chi connectivity index (χ2n) is 8.13. The zero-order valence-electron chi connectivity index (χ0n) is 17.0. The summed E-state index contributed by atoms with van der Waals surface area (Å²) in [6.07, 6.45) is 5.87. The Hall–Kier alpha value is -1.11. The number of piperidine rings is 2. The molecule has 1 spiro atoms. The van der Waals surface area contributed by atoms with Crippen molar-refractivity contribution in [2.45, 2.75) is 52.0 Å². The van der Waals surface area contributed by atoms with Crippen molar-refractivity contribution in [3.05, 3.63) is 16.4 Å². The minimum absolute atomic E-state index is 0.295. The quantitative estimate of drug-likeness (QED) is 0.665. The highest BCUT2D eigenvalue weighted by atomic mass is 35.5. The maximum absolute atomic E-state index is 12.3. The lowest BCUT2D eigenvalue weighted by Crippen LogP contribution is -2.51. The van der Waals surface area contributed by atoms with Crippen molar-refractivity contribution < 1.29 is 9.53 Å². The number of hydrogen-bond acceptors (Lipinski definition) is 4. The first-order valence-corrected chi connectivity index (χ1v) is 10.5. The van der Waals surface area contributed by atoms with Crippen LogP contribution in [0, 0.1) is 5.41 Å². The summed E-state index contributed by atoms with van der Waals surface area (Å²) in [6.45, 7) is 7.59. The van der Waals surface area contributed by atoms with E-state index in [1.165, 1.54) is 5.56 Å². The molecule has 1 amide bonds. The minimum Gasteiger partial charge on any atom is -0.385 e. The zero-order valence-corrected chi connectivity index (χ0v) is 17.7. The first-order chi connectivity index (χ1) is 13.0. The maximum atomic E-state index is 12.3. The number of aryl methyl sites for hydroxylation is 2. The predicted octanol–water partition coefficient (Wildman–Crippen LogP) is 2.88. The fourth-order valence-corrected chi connectivity index (χ4v) is 4.77. The monoisotopic (exact) mass is 396 g/mol. The molecular weight excluding hydrogens is 364 g/mol. The van der Waals surface area contributed by atoms with Crippen molar-refractivity contribution in [2.75, 3.05) is 39.9 Å². The Kier molecular flexibility index (Phi) is 6.82. The van der Waals surface area contributed by atoms with Crippen molar-refractivity contribution in [3.8, 4) is 0 Å². The lowest BCUT2D eigenvalue weighted by molar-refractivity contribution is -0.139.